The molecule has 0 fully saturated rings. The lowest BCUT2D eigenvalue weighted by atomic mass is 9.58. The van der Waals surface area contributed by atoms with E-state index in [1.165, 1.54) is 71.7 Å². The molecule has 0 heterocycles. The van der Waals surface area contributed by atoms with E-state index >= 15 is 0 Å². The van der Waals surface area contributed by atoms with E-state index in [0.29, 0.717) is 0 Å². The van der Waals surface area contributed by atoms with Crippen molar-refractivity contribution in [3.8, 4) is 11.1 Å². The zero-order valence-corrected chi connectivity index (χ0v) is 33.0. The maximum Gasteiger partial charge on any atom is 0.0713 e. The third kappa shape index (κ3) is 6.60. The first-order chi connectivity index (χ1) is 27.5. The lowest BCUT2D eigenvalue weighted by Crippen LogP contribution is -2.38. The van der Waals surface area contributed by atoms with Gasteiger partial charge in [0.2, 0.25) is 0 Å². The summed E-state index contributed by atoms with van der Waals surface area (Å²) in [4.78, 5) is 0. The molecule has 2 atom stereocenters. The summed E-state index contributed by atoms with van der Waals surface area (Å²) in [6.07, 6.45) is 34.8. The molecular formula is C56H50. The highest BCUT2D eigenvalue weighted by Gasteiger charge is 2.51. The smallest absolute Gasteiger partial charge is 0.0713 e. The quantitative estimate of drug-likeness (QED) is 0.147. The number of fused-ring (bicyclic) bond motifs is 8. The Morgan fingerprint density at radius 3 is 2.18 bits per heavy atom. The summed E-state index contributed by atoms with van der Waals surface area (Å²) < 4.78 is 0. The summed E-state index contributed by atoms with van der Waals surface area (Å²) in [5.74, 6) is -0.0385. The Morgan fingerprint density at radius 2 is 1.36 bits per heavy atom. The van der Waals surface area contributed by atoms with Crippen molar-refractivity contribution >= 4 is 17.7 Å². The maximum absolute atomic E-state index is 2.55. The number of hydrogen-bond acceptors (Lipinski definition) is 0. The van der Waals surface area contributed by atoms with Gasteiger partial charge < -0.3 is 0 Å². The number of benzene rings is 5. The standard InChI is InChI=1S/C56H50/c1-5-7-12-28-45-40-55(3,4)51-33-21-22-34-52(51)56(45)50-32-20-19-31-48(50)49-38-37-44(39-53(49)56)54-46-30-18-17-27-42(46)26-15-9-10-16-29-47(54)43(25-8-6-2)36-35-41-23-13-11-14-24-41/h5-14,16-40,47H,15H2,1-4H3/b7-5-,8-6+,10-9-,28-12-,29-16-,36-35-,42-26-,43-25+,54-46-. The van der Waals surface area contributed by atoms with Crippen LogP contribution in [0.3, 0.4) is 0 Å². The molecule has 5 aromatic rings. The van der Waals surface area contributed by atoms with Crippen molar-refractivity contribution in [2.75, 3.05) is 0 Å². The average molecular weight is 723 g/mol. The first-order valence-electron chi connectivity index (χ1n) is 20.0. The van der Waals surface area contributed by atoms with Crippen LogP contribution < -0.4 is 10.4 Å². The number of allylic oxidation sites excluding steroid dienone is 15. The van der Waals surface area contributed by atoms with Crippen LogP contribution in [-0.2, 0) is 10.8 Å². The monoisotopic (exact) mass is 722 g/mol. The molecule has 0 amide bonds. The summed E-state index contributed by atoms with van der Waals surface area (Å²) in [7, 11) is 0. The molecule has 0 aliphatic heterocycles. The van der Waals surface area contributed by atoms with Crippen molar-refractivity contribution in [1.82, 2.24) is 0 Å². The lowest BCUT2D eigenvalue weighted by Gasteiger charge is -2.44. The van der Waals surface area contributed by atoms with Gasteiger partial charge in [0.1, 0.15) is 0 Å². The fourth-order valence-corrected chi connectivity index (χ4v) is 9.14. The van der Waals surface area contributed by atoms with Crippen molar-refractivity contribution in [1.29, 1.82) is 0 Å². The van der Waals surface area contributed by atoms with E-state index in [1.54, 1.807) is 0 Å². The van der Waals surface area contributed by atoms with E-state index in [9.17, 15) is 0 Å². The molecule has 0 bridgehead atoms. The molecule has 3 aliphatic carbocycles. The van der Waals surface area contributed by atoms with Gasteiger partial charge in [-0.2, -0.15) is 0 Å². The second-order valence-corrected chi connectivity index (χ2v) is 15.5. The molecule has 0 heteroatoms. The molecule has 3 aliphatic rings. The van der Waals surface area contributed by atoms with Gasteiger partial charge in [-0.05, 0) is 98.0 Å². The minimum absolute atomic E-state index is 0.0385. The highest BCUT2D eigenvalue weighted by Crippen LogP contribution is 2.61. The second-order valence-electron chi connectivity index (χ2n) is 15.5. The topological polar surface area (TPSA) is 0 Å². The van der Waals surface area contributed by atoms with Crippen LogP contribution >= 0.6 is 0 Å². The van der Waals surface area contributed by atoms with Crippen molar-refractivity contribution in [2.45, 2.75) is 44.9 Å². The summed E-state index contributed by atoms with van der Waals surface area (Å²) in [6, 6.07) is 45.2. The molecule has 56 heavy (non-hydrogen) atoms. The van der Waals surface area contributed by atoms with E-state index < -0.39 is 5.41 Å². The van der Waals surface area contributed by atoms with Crippen LogP contribution in [-0.4, -0.2) is 0 Å². The van der Waals surface area contributed by atoms with E-state index in [2.05, 4.69) is 240 Å². The summed E-state index contributed by atoms with van der Waals surface area (Å²) >= 11 is 0. The van der Waals surface area contributed by atoms with Crippen LogP contribution in [0.4, 0.5) is 0 Å². The van der Waals surface area contributed by atoms with Crippen molar-refractivity contribution in [2.24, 2.45) is 5.92 Å². The van der Waals surface area contributed by atoms with Gasteiger partial charge in [0.25, 0.3) is 0 Å². The summed E-state index contributed by atoms with van der Waals surface area (Å²) in [5.41, 5.74) is 13.6. The van der Waals surface area contributed by atoms with Gasteiger partial charge in [-0.25, -0.2) is 0 Å². The normalized spacial score (nSPS) is 22.7. The van der Waals surface area contributed by atoms with E-state index in [-0.39, 0.29) is 11.3 Å². The maximum atomic E-state index is 2.55. The van der Waals surface area contributed by atoms with Crippen molar-refractivity contribution in [3.63, 3.8) is 0 Å². The predicted octanol–water partition coefficient (Wildman–Crippen LogP) is 12.7. The molecule has 0 saturated heterocycles. The van der Waals surface area contributed by atoms with Gasteiger partial charge in [0, 0.05) is 11.3 Å². The van der Waals surface area contributed by atoms with Crippen LogP contribution in [0.15, 0.2) is 211 Å². The Hall–Kier alpha value is -6.24. The Bertz CT molecular complexity index is 2640. The minimum atomic E-state index is -0.487. The van der Waals surface area contributed by atoms with Crippen LogP contribution in [0.25, 0.3) is 28.9 Å². The second kappa shape index (κ2) is 15.9. The van der Waals surface area contributed by atoms with Gasteiger partial charge in [0.05, 0.1) is 5.41 Å². The van der Waals surface area contributed by atoms with Crippen molar-refractivity contribution < 1.29 is 0 Å². The Morgan fingerprint density at radius 1 is 0.643 bits per heavy atom. The van der Waals surface area contributed by atoms with Crippen LogP contribution in [0.5, 0.6) is 0 Å². The highest BCUT2D eigenvalue weighted by molar-refractivity contribution is 5.90. The molecule has 0 nitrogen and oxygen atoms in total. The van der Waals surface area contributed by atoms with Crippen LogP contribution in [0.1, 0.15) is 67.5 Å². The number of rotatable bonds is 7. The van der Waals surface area contributed by atoms with Crippen molar-refractivity contribution in [3.05, 3.63) is 255 Å². The third-order valence-electron chi connectivity index (χ3n) is 11.6. The molecular weight excluding hydrogens is 673 g/mol. The van der Waals surface area contributed by atoms with Gasteiger partial charge >= 0.3 is 0 Å². The van der Waals surface area contributed by atoms with Crippen LogP contribution in [0, 0.1) is 5.92 Å². The fourth-order valence-electron chi connectivity index (χ4n) is 9.14. The molecule has 0 aromatic heterocycles. The minimum Gasteiger partial charge on any atom is -0.0877 e. The SMILES string of the molecule is C/C=C\C=C/C1=CC(C)(C)c2ccccc2C12c1ccccc1-c1ccc(/C3=c4\cccc\c4=C\C/C=C\C=C/C3C(/C=C\c3ccccc3)=C/C=C/C)cc12. The average Bonchev–Trinajstić information content (AvgIpc) is 3.52. The molecule has 8 rings (SSSR count). The van der Waals surface area contributed by atoms with Gasteiger partial charge in [0.15, 0.2) is 0 Å². The molecule has 5 aromatic carbocycles. The summed E-state index contributed by atoms with van der Waals surface area (Å²) in [5, 5.41) is 2.51. The fraction of sp³-hybridized carbons (Fsp3) is 0.143. The van der Waals surface area contributed by atoms with E-state index in [4.69, 9.17) is 0 Å². The molecule has 0 radical (unpaired) electrons. The van der Waals surface area contributed by atoms with Gasteiger partial charge in [-0.15, -0.1) is 0 Å². The first-order valence-corrected chi connectivity index (χ1v) is 20.0. The third-order valence-corrected chi connectivity index (χ3v) is 11.6. The Balaban J connectivity index is 1.46. The van der Waals surface area contributed by atoms with E-state index in [0.717, 1.165) is 6.42 Å². The molecule has 2 unspecified atom stereocenters. The Labute approximate surface area is 333 Å². The predicted molar refractivity (Wildman–Crippen MR) is 241 cm³/mol. The molecule has 274 valence electrons. The van der Waals surface area contributed by atoms with Gasteiger partial charge in [-0.1, -0.05) is 220 Å². The highest BCUT2D eigenvalue weighted by atomic mass is 14.5. The molecule has 1 spiro atoms. The summed E-state index contributed by atoms with van der Waals surface area (Å²) in [6.45, 7) is 8.89. The number of hydrogen-bond donors (Lipinski definition) is 0. The lowest BCUT2D eigenvalue weighted by molar-refractivity contribution is 0.592. The van der Waals surface area contributed by atoms with Gasteiger partial charge in [-0.3, -0.25) is 0 Å². The first kappa shape index (κ1) is 36.7. The molecule has 0 N–H and O–H groups in total. The molecule has 0 saturated carbocycles. The van der Waals surface area contributed by atoms with E-state index in [1.807, 2.05) is 0 Å². The zero-order valence-electron chi connectivity index (χ0n) is 33.0. The van der Waals surface area contributed by atoms with Crippen LogP contribution in [0.2, 0.25) is 0 Å². The largest absolute Gasteiger partial charge is 0.0877 e. The Kier molecular flexibility index (Phi) is 10.4. The zero-order chi connectivity index (χ0) is 38.5.